The molecule has 0 unspecified atom stereocenters. The first-order valence-electron chi connectivity index (χ1n) is 6.67. The van der Waals surface area contributed by atoms with Gasteiger partial charge in [-0.25, -0.2) is 0 Å². The quantitative estimate of drug-likeness (QED) is 0.348. The Kier molecular flexibility index (Phi) is 4.94. The van der Waals surface area contributed by atoms with E-state index in [0.717, 1.165) is 0 Å². The Morgan fingerprint density at radius 1 is 1.41 bits per heavy atom. The van der Waals surface area contributed by atoms with Crippen LogP contribution in [-0.4, -0.2) is 62.6 Å². The van der Waals surface area contributed by atoms with Crippen LogP contribution in [-0.2, 0) is 4.74 Å². The second kappa shape index (κ2) is 6.55. The number of hydrogen-bond acceptors (Lipinski definition) is 8. The highest BCUT2D eigenvalue weighted by atomic mass is 16.6. The van der Waals surface area contributed by atoms with Crippen LogP contribution < -0.4 is 5.32 Å². The minimum atomic E-state index is -1.39. The molecule has 22 heavy (non-hydrogen) atoms. The monoisotopic (exact) mass is 314 g/mol. The molecule has 1 aromatic carbocycles. The van der Waals surface area contributed by atoms with E-state index in [0.29, 0.717) is 11.3 Å². The van der Waals surface area contributed by atoms with Gasteiger partial charge in [-0.15, -0.1) is 0 Å². The van der Waals surface area contributed by atoms with E-state index in [1.807, 2.05) is 0 Å². The van der Waals surface area contributed by atoms with Crippen molar-refractivity contribution in [2.45, 2.75) is 37.6 Å². The number of nitro groups is 1. The Morgan fingerprint density at radius 2 is 2.09 bits per heavy atom. The molecule has 0 aromatic heterocycles. The van der Waals surface area contributed by atoms with Gasteiger partial charge in [0.2, 0.25) is 0 Å². The Balaban J connectivity index is 2.14. The molecule has 9 heteroatoms. The molecular formula is C13H18N2O7. The predicted molar refractivity (Wildman–Crippen MR) is 75.2 cm³/mol. The maximum atomic E-state index is 10.9. The summed E-state index contributed by atoms with van der Waals surface area (Å²) in [5.74, 6) is 0. The van der Waals surface area contributed by atoms with E-state index in [4.69, 9.17) is 9.84 Å². The van der Waals surface area contributed by atoms with Gasteiger partial charge in [-0.3, -0.25) is 10.1 Å². The van der Waals surface area contributed by atoms with E-state index in [2.05, 4.69) is 5.32 Å². The highest BCUT2D eigenvalue weighted by Crippen LogP contribution is 2.28. The van der Waals surface area contributed by atoms with Crippen LogP contribution in [0.5, 0.6) is 0 Å². The van der Waals surface area contributed by atoms with Crippen molar-refractivity contribution in [2.24, 2.45) is 0 Å². The molecule has 0 saturated carbocycles. The van der Waals surface area contributed by atoms with Gasteiger partial charge >= 0.3 is 0 Å². The number of nitrogens with one attached hydrogen (secondary N) is 1. The largest absolute Gasteiger partial charge is 0.394 e. The molecule has 0 bridgehead atoms. The van der Waals surface area contributed by atoms with Crippen molar-refractivity contribution >= 4 is 11.4 Å². The summed E-state index contributed by atoms with van der Waals surface area (Å²) in [5, 5.41) is 51.7. The van der Waals surface area contributed by atoms with Gasteiger partial charge in [0.1, 0.15) is 24.4 Å². The molecule has 0 amide bonds. The first-order chi connectivity index (χ1) is 10.3. The third-order valence-electron chi connectivity index (χ3n) is 3.58. The fourth-order valence-electron chi connectivity index (χ4n) is 2.31. The van der Waals surface area contributed by atoms with E-state index in [-0.39, 0.29) is 5.69 Å². The summed E-state index contributed by atoms with van der Waals surface area (Å²) in [6.07, 6.45) is -6.31. The molecule has 5 N–H and O–H groups in total. The van der Waals surface area contributed by atoms with Crippen molar-refractivity contribution in [2.75, 3.05) is 11.9 Å². The third kappa shape index (κ3) is 3.18. The minimum Gasteiger partial charge on any atom is -0.394 e. The lowest BCUT2D eigenvalue weighted by atomic mass is 10.1. The van der Waals surface area contributed by atoms with E-state index in [1.165, 1.54) is 12.1 Å². The molecule has 1 aliphatic rings. The van der Waals surface area contributed by atoms with Gasteiger partial charge in [-0.2, -0.15) is 0 Å². The van der Waals surface area contributed by atoms with Crippen molar-refractivity contribution in [3.05, 3.63) is 33.9 Å². The zero-order chi connectivity index (χ0) is 16.4. The topological polar surface area (TPSA) is 145 Å². The van der Waals surface area contributed by atoms with Gasteiger partial charge in [0.05, 0.1) is 11.5 Å². The summed E-state index contributed by atoms with van der Waals surface area (Å²) in [4.78, 5) is 10.4. The molecule has 1 aromatic rings. The van der Waals surface area contributed by atoms with Crippen LogP contribution in [0.1, 0.15) is 5.56 Å². The lowest BCUT2D eigenvalue weighted by molar-refractivity contribution is -0.385. The van der Waals surface area contributed by atoms with Crippen molar-refractivity contribution in [3.8, 4) is 0 Å². The molecule has 1 saturated heterocycles. The summed E-state index contributed by atoms with van der Waals surface area (Å²) in [7, 11) is 0. The van der Waals surface area contributed by atoms with E-state index in [9.17, 15) is 25.4 Å². The third-order valence-corrected chi connectivity index (χ3v) is 3.58. The molecular weight excluding hydrogens is 296 g/mol. The Morgan fingerprint density at radius 3 is 2.68 bits per heavy atom. The maximum Gasteiger partial charge on any atom is 0.274 e. The maximum absolute atomic E-state index is 10.9. The van der Waals surface area contributed by atoms with E-state index >= 15 is 0 Å². The molecule has 0 aliphatic carbocycles. The molecule has 1 aliphatic heterocycles. The number of ether oxygens (including phenoxy) is 1. The van der Waals surface area contributed by atoms with Crippen LogP contribution in [0.4, 0.5) is 11.4 Å². The van der Waals surface area contributed by atoms with Gasteiger partial charge in [-0.05, 0) is 13.0 Å². The van der Waals surface area contributed by atoms with Gasteiger partial charge in [0.25, 0.3) is 5.69 Å². The highest BCUT2D eigenvalue weighted by molar-refractivity contribution is 5.55. The Hall–Kier alpha value is -1.78. The molecule has 0 radical (unpaired) electrons. The van der Waals surface area contributed by atoms with Crippen LogP contribution in [0.2, 0.25) is 0 Å². The number of aliphatic hydroxyl groups excluding tert-OH is 4. The lowest BCUT2D eigenvalue weighted by Crippen LogP contribution is -2.40. The Labute approximate surface area is 125 Å². The number of nitrogens with zero attached hydrogens (tertiary/aromatic N) is 1. The summed E-state index contributed by atoms with van der Waals surface area (Å²) in [6.45, 7) is 0.970. The average molecular weight is 314 g/mol. The molecule has 9 nitrogen and oxygen atoms in total. The summed E-state index contributed by atoms with van der Waals surface area (Å²) in [5.41, 5.74) is 0.717. The SMILES string of the molecule is Cc1ccc(N[C@@H]2O[C@H]([C@H](O)CO)[C@H](O)[C@H]2O)cc1[N+](=O)[O-]. The molecule has 1 fully saturated rings. The van der Waals surface area contributed by atoms with Crippen molar-refractivity contribution < 1.29 is 30.1 Å². The van der Waals surface area contributed by atoms with Crippen LogP contribution in [0.3, 0.4) is 0 Å². The molecule has 5 atom stereocenters. The number of anilines is 1. The lowest BCUT2D eigenvalue weighted by Gasteiger charge is -2.19. The smallest absolute Gasteiger partial charge is 0.274 e. The number of rotatable bonds is 5. The first-order valence-corrected chi connectivity index (χ1v) is 6.67. The Bertz CT molecular complexity index is 553. The second-order valence-electron chi connectivity index (χ2n) is 5.16. The second-order valence-corrected chi connectivity index (χ2v) is 5.16. The molecule has 2 rings (SSSR count). The van der Waals surface area contributed by atoms with Crippen LogP contribution >= 0.6 is 0 Å². The van der Waals surface area contributed by atoms with Gasteiger partial charge in [0, 0.05) is 17.3 Å². The van der Waals surface area contributed by atoms with Crippen molar-refractivity contribution in [1.82, 2.24) is 0 Å². The molecule has 1 heterocycles. The molecule has 122 valence electrons. The summed E-state index contributed by atoms with van der Waals surface area (Å²) >= 11 is 0. The van der Waals surface area contributed by atoms with Crippen LogP contribution in [0.15, 0.2) is 18.2 Å². The molecule has 0 spiro atoms. The average Bonchev–Trinajstić information content (AvgIpc) is 2.76. The highest BCUT2D eigenvalue weighted by Gasteiger charge is 2.45. The number of aryl methyl sites for hydroxylation is 1. The zero-order valence-corrected chi connectivity index (χ0v) is 11.8. The minimum absolute atomic E-state index is 0.0926. The zero-order valence-electron chi connectivity index (χ0n) is 11.8. The van der Waals surface area contributed by atoms with E-state index < -0.39 is 42.2 Å². The standard InChI is InChI=1S/C13H18N2O7/c1-6-2-3-7(4-8(6)15(20)21)14-13-11(19)10(18)12(22-13)9(17)5-16/h2-4,9-14,16-19H,5H2,1H3/t9-,10-,11-,12-,13-/m1/s1. The number of aliphatic hydroxyl groups is 4. The fourth-order valence-corrected chi connectivity index (χ4v) is 2.31. The predicted octanol–water partition coefficient (Wildman–Crippen LogP) is -0.885. The fraction of sp³-hybridized carbons (Fsp3) is 0.538. The van der Waals surface area contributed by atoms with Gasteiger partial charge < -0.3 is 30.5 Å². The summed E-state index contributed by atoms with van der Waals surface area (Å²) in [6, 6.07) is 4.40. The van der Waals surface area contributed by atoms with Crippen molar-refractivity contribution in [1.29, 1.82) is 0 Å². The first kappa shape index (κ1) is 16.6. The van der Waals surface area contributed by atoms with E-state index in [1.54, 1.807) is 13.0 Å². The van der Waals surface area contributed by atoms with Gasteiger partial charge in [0.15, 0.2) is 6.23 Å². The number of nitro benzene ring substituents is 1. The van der Waals surface area contributed by atoms with Gasteiger partial charge in [-0.1, -0.05) is 6.07 Å². The summed E-state index contributed by atoms with van der Waals surface area (Å²) < 4.78 is 5.28. The van der Waals surface area contributed by atoms with Crippen molar-refractivity contribution in [3.63, 3.8) is 0 Å². The van der Waals surface area contributed by atoms with Crippen LogP contribution in [0, 0.1) is 17.0 Å². The van der Waals surface area contributed by atoms with Crippen LogP contribution in [0.25, 0.3) is 0 Å². The normalized spacial score (nSPS) is 29.3. The number of benzene rings is 1. The number of hydrogen-bond donors (Lipinski definition) is 5.